The number of para-hydroxylation sites is 2. The van der Waals surface area contributed by atoms with Crippen molar-refractivity contribution in [3.05, 3.63) is 80.3 Å². The Balaban J connectivity index is 1.57. The summed E-state index contributed by atoms with van der Waals surface area (Å²) in [5, 5.41) is 10.7. The lowest BCUT2D eigenvalue weighted by Gasteiger charge is -2.05. The van der Waals surface area contributed by atoms with Crippen LogP contribution in [-0.2, 0) is 16.0 Å². The number of nitro benzene ring substituents is 1. The number of aryl methyl sites for hydroxylation is 1. The van der Waals surface area contributed by atoms with Gasteiger partial charge in [0.2, 0.25) is 5.78 Å². The molecule has 0 saturated carbocycles. The molecule has 0 fully saturated rings. The van der Waals surface area contributed by atoms with Crippen molar-refractivity contribution in [1.82, 2.24) is 9.97 Å². The van der Waals surface area contributed by atoms with Gasteiger partial charge in [0.05, 0.1) is 22.4 Å². The molecule has 9 nitrogen and oxygen atoms in total. The van der Waals surface area contributed by atoms with Crippen LogP contribution in [0, 0.1) is 10.1 Å². The van der Waals surface area contributed by atoms with E-state index in [0.717, 1.165) is 6.07 Å². The first-order chi connectivity index (χ1) is 13.4. The van der Waals surface area contributed by atoms with E-state index in [2.05, 4.69) is 9.97 Å². The van der Waals surface area contributed by atoms with Gasteiger partial charge in [0.15, 0.2) is 6.61 Å². The highest BCUT2D eigenvalue weighted by Crippen LogP contribution is 2.14. The Morgan fingerprint density at radius 2 is 1.93 bits per heavy atom. The highest BCUT2D eigenvalue weighted by molar-refractivity contribution is 5.98. The molecule has 142 valence electrons. The number of aromatic nitrogens is 2. The van der Waals surface area contributed by atoms with E-state index in [1.165, 1.54) is 18.2 Å². The van der Waals surface area contributed by atoms with Crippen LogP contribution < -0.4 is 5.56 Å². The molecule has 0 aliphatic heterocycles. The molecule has 9 heteroatoms. The van der Waals surface area contributed by atoms with Crippen molar-refractivity contribution < 1.29 is 19.2 Å². The number of H-pyrrole nitrogens is 1. The minimum atomic E-state index is -0.673. The molecule has 0 aliphatic rings. The van der Waals surface area contributed by atoms with Gasteiger partial charge in [-0.05, 0) is 12.1 Å². The van der Waals surface area contributed by atoms with Crippen molar-refractivity contribution >= 4 is 28.5 Å². The number of ether oxygens (including phenoxy) is 1. The predicted octanol–water partition coefficient (Wildman–Crippen LogP) is 2.19. The predicted molar refractivity (Wildman–Crippen MR) is 99.1 cm³/mol. The van der Waals surface area contributed by atoms with Crippen LogP contribution in [0.2, 0.25) is 0 Å². The first kappa shape index (κ1) is 18.9. The van der Waals surface area contributed by atoms with Crippen LogP contribution in [0.5, 0.6) is 0 Å². The van der Waals surface area contributed by atoms with E-state index in [-0.39, 0.29) is 35.3 Å². The Bertz CT molecular complexity index is 1120. The summed E-state index contributed by atoms with van der Waals surface area (Å²) in [6, 6.07) is 12.2. The third-order valence-electron chi connectivity index (χ3n) is 3.98. The van der Waals surface area contributed by atoms with Gasteiger partial charge in [0.1, 0.15) is 5.69 Å². The highest BCUT2D eigenvalue weighted by Gasteiger charge is 2.14. The van der Waals surface area contributed by atoms with Crippen LogP contribution in [0.3, 0.4) is 0 Å². The van der Waals surface area contributed by atoms with Gasteiger partial charge in [0, 0.05) is 24.1 Å². The number of carbonyl (C=O) groups excluding carboxylic acids is 2. The number of carbonyl (C=O) groups is 2. The number of esters is 1. The Hall–Kier alpha value is -3.88. The highest BCUT2D eigenvalue weighted by atomic mass is 16.6. The summed E-state index contributed by atoms with van der Waals surface area (Å²) in [6.45, 7) is -0.540. The summed E-state index contributed by atoms with van der Waals surface area (Å²) in [6.07, 6.45) is -0.0688. The van der Waals surface area contributed by atoms with Gasteiger partial charge in [-0.2, -0.15) is 0 Å². The van der Waals surface area contributed by atoms with Gasteiger partial charge in [0.25, 0.3) is 11.2 Å². The van der Waals surface area contributed by atoms with Crippen LogP contribution in [0.4, 0.5) is 5.69 Å². The van der Waals surface area contributed by atoms with Gasteiger partial charge in [-0.15, -0.1) is 0 Å². The molecule has 0 spiro atoms. The zero-order chi connectivity index (χ0) is 20.1. The number of hydrogen-bond acceptors (Lipinski definition) is 7. The summed E-state index contributed by atoms with van der Waals surface area (Å²) >= 11 is 0. The number of Topliss-reactive ketones (excluding diaryl/α,β-unsaturated/α-hetero) is 1. The number of rotatable bonds is 7. The van der Waals surface area contributed by atoms with E-state index in [9.17, 15) is 24.5 Å². The maximum atomic E-state index is 12.0. The second kappa shape index (κ2) is 8.21. The molecular formula is C19H15N3O6. The number of fused-ring (bicyclic) bond motifs is 1. The second-order valence-electron chi connectivity index (χ2n) is 5.92. The molecule has 3 aromatic rings. The standard InChI is InChI=1S/C19H15N3O6/c23-17(12-4-3-5-13(10-12)22(26)27)11-28-18(24)9-8-16-19(25)21-15-7-2-1-6-14(15)20-16/h1-7,10H,8-9,11H2,(H,21,25). The van der Waals surface area contributed by atoms with Crippen molar-refractivity contribution in [2.75, 3.05) is 6.61 Å². The van der Waals surface area contributed by atoms with E-state index >= 15 is 0 Å². The lowest BCUT2D eigenvalue weighted by Crippen LogP contribution is -2.18. The van der Waals surface area contributed by atoms with E-state index in [4.69, 9.17) is 4.74 Å². The number of ketones is 1. The summed E-state index contributed by atoms with van der Waals surface area (Å²) in [7, 11) is 0. The van der Waals surface area contributed by atoms with Crippen molar-refractivity contribution in [3.8, 4) is 0 Å². The van der Waals surface area contributed by atoms with Gasteiger partial charge in [-0.3, -0.25) is 24.5 Å². The number of aromatic amines is 1. The smallest absolute Gasteiger partial charge is 0.306 e. The van der Waals surface area contributed by atoms with Gasteiger partial charge in [-0.1, -0.05) is 24.3 Å². The summed E-state index contributed by atoms with van der Waals surface area (Å²) in [5.41, 5.74) is 0.862. The number of nitrogens with zero attached hydrogens (tertiary/aromatic N) is 2. The first-order valence-corrected chi connectivity index (χ1v) is 8.35. The SMILES string of the molecule is O=C(CCc1nc2ccccc2[nH]c1=O)OCC(=O)c1cccc([N+](=O)[O-])c1. The second-order valence-corrected chi connectivity index (χ2v) is 5.92. The molecule has 0 saturated heterocycles. The molecule has 28 heavy (non-hydrogen) atoms. The zero-order valence-electron chi connectivity index (χ0n) is 14.6. The molecule has 0 atom stereocenters. The Morgan fingerprint density at radius 1 is 1.14 bits per heavy atom. The maximum Gasteiger partial charge on any atom is 0.306 e. The van der Waals surface area contributed by atoms with Crippen LogP contribution >= 0.6 is 0 Å². The molecule has 1 N–H and O–H groups in total. The molecular weight excluding hydrogens is 366 g/mol. The van der Waals surface area contributed by atoms with Crippen LogP contribution in [0.25, 0.3) is 11.0 Å². The summed E-state index contributed by atoms with van der Waals surface area (Å²) in [4.78, 5) is 53.0. The molecule has 0 aliphatic carbocycles. The fourth-order valence-electron chi connectivity index (χ4n) is 2.55. The quantitative estimate of drug-likeness (QED) is 0.287. The number of nitro groups is 1. The normalized spacial score (nSPS) is 10.6. The topological polar surface area (TPSA) is 132 Å². The van der Waals surface area contributed by atoms with Crippen LogP contribution in [0.15, 0.2) is 53.3 Å². The number of non-ortho nitro benzene ring substituents is 1. The minimum Gasteiger partial charge on any atom is -0.457 e. The van der Waals surface area contributed by atoms with Crippen molar-refractivity contribution in [2.45, 2.75) is 12.8 Å². The van der Waals surface area contributed by atoms with E-state index in [1.54, 1.807) is 24.3 Å². The molecule has 0 radical (unpaired) electrons. The van der Waals surface area contributed by atoms with E-state index < -0.39 is 23.3 Å². The zero-order valence-corrected chi connectivity index (χ0v) is 14.6. The van der Waals surface area contributed by atoms with Crippen molar-refractivity contribution in [1.29, 1.82) is 0 Å². The van der Waals surface area contributed by atoms with Crippen molar-refractivity contribution in [2.24, 2.45) is 0 Å². The molecule has 3 rings (SSSR count). The molecule has 1 heterocycles. The third-order valence-corrected chi connectivity index (χ3v) is 3.98. The molecule has 0 amide bonds. The average Bonchev–Trinajstić information content (AvgIpc) is 2.70. The third kappa shape index (κ3) is 4.44. The molecule has 2 aromatic carbocycles. The maximum absolute atomic E-state index is 12.0. The Morgan fingerprint density at radius 3 is 2.71 bits per heavy atom. The largest absolute Gasteiger partial charge is 0.457 e. The number of benzene rings is 2. The van der Waals surface area contributed by atoms with Gasteiger partial charge < -0.3 is 9.72 Å². The Labute approximate surface area is 158 Å². The minimum absolute atomic E-state index is 0.0595. The average molecular weight is 381 g/mol. The number of hydrogen-bond donors (Lipinski definition) is 1. The fourth-order valence-corrected chi connectivity index (χ4v) is 2.55. The van der Waals surface area contributed by atoms with Gasteiger partial charge >= 0.3 is 5.97 Å². The first-order valence-electron chi connectivity index (χ1n) is 8.35. The molecule has 0 bridgehead atoms. The molecule has 1 aromatic heterocycles. The van der Waals surface area contributed by atoms with Gasteiger partial charge in [-0.25, -0.2) is 4.98 Å². The Kier molecular flexibility index (Phi) is 5.54. The van der Waals surface area contributed by atoms with E-state index in [1.807, 2.05) is 0 Å². The monoisotopic (exact) mass is 381 g/mol. The lowest BCUT2D eigenvalue weighted by molar-refractivity contribution is -0.384. The lowest BCUT2D eigenvalue weighted by atomic mass is 10.1. The van der Waals surface area contributed by atoms with Crippen LogP contribution in [0.1, 0.15) is 22.5 Å². The fraction of sp³-hybridized carbons (Fsp3) is 0.158. The molecule has 0 unspecified atom stereocenters. The van der Waals surface area contributed by atoms with Crippen molar-refractivity contribution in [3.63, 3.8) is 0 Å². The summed E-state index contributed by atoms with van der Waals surface area (Å²) < 4.78 is 4.91. The van der Waals surface area contributed by atoms with E-state index in [0.29, 0.717) is 11.0 Å². The summed E-state index contributed by atoms with van der Waals surface area (Å²) in [5.74, 6) is -1.23. The number of nitrogens with one attached hydrogen (secondary N) is 1. The van der Waals surface area contributed by atoms with Crippen LogP contribution in [-0.4, -0.2) is 33.3 Å².